The van der Waals surface area contributed by atoms with Crippen LogP contribution < -0.4 is 4.74 Å². The van der Waals surface area contributed by atoms with Crippen LogP contribution in [0.3, 0.4) is 0 Å². The zero-order valence-corrected chi connectivity index (χ0v) is 20.6. The van der Waals surface area contributed by atoms with E-state index in [-0.39, 0.29) is 30.8 Å². The maximum absolute atomic E-state index is 9.95. The van der Waals surface area contributed by atoms with Crippen molar-refractivity contribution in [2.24, 2.45) is 0 Å². The van der Waals surface area contributed by atoms with Gasteiger partial charge < -0.3 is 24.3 Å². The lowest BCUT2D eigenvalue weighted by Gasteiger charge is -2.18. The van der Waals surface area contributed by atoms with E-state index < -0.39 is 6.10 Å². The van der Waals surface area contributed by atoms with Crippen LogP contribution >= 0.6 is 11.6 Å². The molecule has 0 radical (unpaired) electrons. The first kappa shape index (κ1) is 22.7. The van der Waals surface area contributed by atoms with Crippen LogP contribution in [0.5, 0.6) is 6.01 Å². The Labute approximate surface area is 218 Å². The smallest absolute Gasteiger partial charge is 0.295 e. The number of H-pyrrole nitrogens is 1. The molecular weight excluding hydrogens is 492 g/mol. The molecule has 5 atom stereocenters. The second kappa shape index (κ2) is 9.15. The number of aliphatic hydroxyl groups is 1. The molecule has 37 heavy (non-hydrogen) atoms. The molecule has 2 aromatic heterocycles. The highest BCUT2D eigenvalue weighted by atomic mass is 35.5. The van der Waals surface area contributed by atoms with Crippen LogP contribution in [0.15, 0.2) is 73.1 Å². The highest BCUT2D eigenvalue weighted by Crippen LogP contribution is 2.37. The number of fused-ring (bicyclic) bond motifs is 2. The molecule has 4 heterocycles. The first-order valence-electron chi connectivity index (χ1n) is 12.4. The number of allylic oxidation sites excluding steroid dienone is 4. The standard InChI is InChI=1S/C28H25ClN4O4/c29-21-13-23-22(31-28(32-23)37-25-15-36-26-24(34)14-35-27(25)26)12-20(21)18-4-2-16(3-5-18)17-6-8-19(9-7-17)33-11-1-10-30-33/h1-4,6-13,18,24-27,34H,5,14-15H2,(H,31,32)/t18?,24-,25-,26-,27-/m1/s1. The summed E-state index contributed by atoms with van der Waals surface area (Å²) in [5.41, 5.74) is 6.02. The average Bonchev–Trinajstić information content (AvgIpc) is 3.71. The second-order valence-corrected chi connectivity index (χ2v) is 10.0. The molecule has 2 saturated heterocycles. The van der Waals surface area contributed by atoms with E-state index in [9.17, 15) is 5.11 Å². The molecule has 0 saturated carbocycles. The molecule has 1 unspecified atom stereocenters. The Balaban J connectivity index is 1.07. The lowest BCUT2D eigenvalue weighted by atomic mass is 9.88. The Morgan fingerprint density at radius 2 is 1.97 bits per heavy atom. The predicted octanol–water partition coefficient (Wildman–Crippen LogP) is 4.44. The number of rotatable bonds is 5. The van der Waals surface area contributed by atoms with Crippen molar-refractivity contribution in [1.82, 2.24) is 19.7 Å². The summed E-state index contributed by atoms with van der Waals surface area (Å²) in [7, 11) is 0. The van der Waals surface area contributed by atoms with Crippen molar-refractivity contribution < 1.29 is 19.3 Å². The van der Waals surface area contributed by atoms with Crippen molar-refractivity contribution in [3.8, 4) is 11.7 Å². The zero-order chi connectivity index (χ0) is 24.9. The summed E-state index contributed by atoms with van der Waals surface area (Å²) in [5, 5.41) is 14.9. The summed E-state index contributed by atoms with van der Waals surface area (Å²) in [4.78, 5) is 7.82. The van der Waals surface area contributed by atoms with Gasteiger partial charge in [-0.15, -0.1) is 0 Å². The number of hydrogen-bond acceptors (Lipinski definition) is 6. The van der Waals surface area contributed by atoms with E-state index in [1.807, 2.05) is 29.1 Å². The molecule has 2 fully saturated rings. The van der Waals surface area contributed by atoms with Gasteiger partial charge in [0, 0.05) is 23.3 Å². The highest BCUT2D eigenvalue weighted by molar-refractivity contribution is 6.32. The number of aliphatic hydroxyl groups excluding tert-OH is 1. The number of nitrogens with one attached hydrogen (secondary N) is 1. The third-order valence-electron chi connectivity index (χ3n) is 7.29. The Bertz CT molecular complexity index is 1490. The van der Waals surface area contributed by atoms with Gasteiger partial charge >= 0.3 is 0 Å². The van der Waals surface area contributed by atoms with Gasteiger partial charge in [-0.25, -0.2) is 4.68 Å². The van der Waals surface area contributed by atoms with E-state index in [4.69, 9.17) is 25.8 Å². The third-order valence-corrected chi connectivity index (χ3v) is 7.62. The average molecular weight is 517 g/mol. The molecular formula is C28H25ClN4O4. The van der Waals surface area contributed by atoms with Crippen molar-refractivity contribution >= 4 is 28.2 Å². The fourth-order valence-electron chi connectivity index (χ4n) is 5.35. The van der Waals surface area contributed by atoms with E-state index >= 15 is 0 Å². The number of imidazole rings is 1. The Kier molecular flexibility index (Phi) is 5.62. The van der Waals surface area contributed by atoms with Crippen molar-refractivity contribution in [1.29, 1.82) is 0 Å². The second-order valence-electron chi connectivity index (χ2n) is 9.61. The maximum Gasteiger partial charge on any atom is 0.295 e. The fourth-order valence-corrected chi connectivity index (χ4v) is 5.64. The summed E-state index contributed by atoms with van der Waals surface area (Å²) < 4.78 is 19.2. The van der Waals surface area contributed by atoms with Crippen LogP contribution in [0.4, 0.5) is 0 Å². The van der Waals surface area contributed by atoms with Crippen LogP contribution in [0.2, 0.25) is 5.02 Å². The third kappa shape index (κ3) is 4.16. The first-order chi connectivity index (χ1) is 18.1. The number of benzene rings is 2. The number of ether oxygens (including phenoxy) is 3. The number of hydrogen-bond donors (Lipinski definition) is 2. The number of aromatic amines is 1. The zero-order valence-electron chi connectivity index (χ0n) is 19.8. The molecule has 3 aliphatic rings. The number of halogens is 1. The van der Waals surface area contributed by atoms with Gasteiger partial charge in [0.2, 0.25) is 0 Å². The van der Waals surface area contributed by atoms with Gasteiger partial charge in [-0.2, -0.15) is 10.1 Å². The van der Waals surface area contributed by atoms with Crippen LogP contribution in [0.25, 0.3) is 22.3 Å². The summed E-state index contributed by atoms with van der Waals surface area (Å²) >= 11 is 6.70. The molecule has 1 aliphatic carbocycles. The van der Waals surface area contributed by atoms with Gasteiger partial charge in [0.25, 0.3) is 6.01 Å². The molecule has 9 heteroatoms. The van der Waals surface area contributed by atoms with Gasteiger partial charge in [-0.05, 0) is 53.5 Å². The fraction of sp³-hybridized carbons (Fsp3) is 0.286. The largest absolute Gasteiger partial charge is 0.456 e. The Morgan fingerprint density at radius 3 is 2.76 bits per heavy atom. The summed E-state index contributed by atoms with van der Waals surface area (Å²) in [6.45, 7) is 0.610. The van der Waals surface area contributed by atoms with Crippen LogP contribution in [-0.4, -0.2) is 62.5 Å². The van der Waals surface area contributed by atoms with Crippen LogP contribution in [0, 0.1) is 0 Å². The molecule has 0 bridgehead atoms. The first-order valence-corrected chi connectivity index (χ1v) is 12.8. The van der Waals surface area contributed by atoms with Crippen molar-refractivity contribution in [2.75, 3.05) is 13.2 Å². The number of nitrogens with zero attached hydrogens (tertiary/aromatic N) is 3. The normalized spacial score (nSPS) is 27.0. The van der Waals surface area contributed by atoms with E-state index in [2.05, 4.69) is 57.6 Å². The Hall–Kier alpha value is -3.43. The molecule has 2 N–H and O–H groups in total. The minimum atomic E-state index is -0.616. The van der Waals surface area contributed by atoms with E-state index in [1.54, 1.807) is 6.20 Å². The van der Waals surface area contributed by atoms with Gasteiger partial charge in [0.1, 0.15) is 18.3 Å². The van der Waals surface area contributed by atoms with Gasteiger partial charge in [0.15, 0.2) is 6.10 Å². The summed E-state index contributed by atoms with van der Waals surface area (Å²) in [6.07, 6.45) is 9.59. The topological polar surface area (TPSA) is 94.4 Å². The molecule has 2 aromatic carbocycles. The molecule has 4 aromatic rings. The van der Waals surface area contributed by atoms with Crippen molar-refractivity contribution in [2.45, 2.75) is 36.8 Å². The molecule has 0 amide bonds. The minimum absolute atomic E-state index is 0.161. The summed E-state index contributed by atoms with van der Waals surface area (Å²) in [6, 6.07) is 14.6. The van der Waals surface area contributed by atoms with E-state index in [0.29, 0.717) is 17.6 Å². The van der Waals surface area contributed by atoms with Crippen molar-refractivity contribution in [3.05, 3.63) is 89.2 Å². The van der Waals surface area contributed by atoms with Gasteiger partial charge in [0.05, 0.1) is 29.9 Å². The van der Waals surface area contributed by atoms with Crippen molar-refractivity contribution in [3.63, 3.8) is 0 Å². The predicted molar refractivity (Wildman–Crippen MR) is 139 cm³/mol. The lowest BCUT2D eigenvalue weighted by Crippen LogP contribution is -2.34. The Morgan fingerprint density at radius 1 is 1.11 bits per heavy atom. The minimum Gasteiger partial charge on any atom is -0.456 e. The number of aromatic nitrogens is 4. The molecule has 2 aliphatic heterocycles. The van der Waals surface area contributed by atoms with E-state index in [0.717, 1.165) is 28.7 Å². The molecule has 7 rings (SSSR count). The quantitative estimate of drug-likeness (QED) is 0.407. The van der Waals surface area contributed by atoms with Gasteiger partial charge in [-0.1, -0.05) is 42.0 Å². The molecule has 0 spiro atoms. The molecule has 8 nitrogen and oxygen atoms in total. The van der Waals surface area contributed by atoms with Gasteiger partial charge in [-0.3, -0.25) is 0 Å². The summed E-state index contributed by atoms with van der Waals surface area (Å²) in [5.74, 6) is 0.161. The van der Waals surface area contributed by atoms with Crippen LogP contribution in [-0.2, 0) is 9.47 Å². The monoisotopic (exact) mass is 516 g/mol. The maximum atomic E-state index is 9.95. The lowest BCUT2D eigenvalue weighted by molar-refractivity contribution is 0.00706. The molecule has 188 valence electrons. The van der Waals surface area contributed by atoms with Crippen LogP contribution in [0.1, 0.15) is 23.5 Å². The SMILES string of the molecule is O[C@@H]1CO[C@H]2[C@@H]1OC[C@H]2Oc1nc2cc(Cl)c(C3C=CC(c4ccc(-n5cccn5)cc4)=CC3)cc2[nH]1. The highest BCUT2D eigenvalue weighted by Gasteiger charge is 2.48. The van der Waals surface area contributed by atoms with E-state index in [1.165, 1.54) is 11.1 Å².